The van der Waals surface area contributed by atoms with Crippen molar-refractivity contribution in [3.05, 3.63) is 24.2 Å². The Kier molecular flexibility index (Phi) is 7.64. The summed E-state index contributed by atoms with van der Waals surface area (Å²) in [6.45, 7) is 4.07. The van der Waals surface area contributed by atoms with Crippen LogP contribution in [0.3, 0.4) is 0 Å². The molecule has 22 heavy (non-hydrogen) atoms. The van der Waals surface area contributed by atoms with Crippen molar-refractivity contribution in [2.24, 2.45) is 4.99 Å². The first-order valence-corrected chi connectivity index (χ1v) is 7.44. The van der Waals surface area contributed by atoms with E-state index in [0.717, 1.165) is 13.1 Å². The molecule has 2 atom stereocenters. The van der Waals surface area contributed by atoms with Crippen LogP contribution in [-0.4, -0.2) is 55.7 Å². The maximum absolute atomic E-state index is 10.4. The van der Waals surface area contributed by atoms with E-state index in [2.05, 4.69) is 27.6 Å². The number of hydrogen-bond acceptors (Lipinski definition) is 4. The first kappa shape index (κ1) is 19.2. The first-order chi connectivity index (χ1) is 10.0. The highest BCUT2D eigenvalue weighted by atomic mass is 127. The third-order valence-corrected chi connectivity index (χ3v) is 4.05. The van der Waals surface area contributed by atoms with Crippen LogP contribution in [0, 0.1) is 0 Å². The average molecular weight is 422 g/mol. The fourth-order valence-electron chi connectivity index (χ4n) is 2.60. The van der Waals surface area contributed by atoms with Gasteiger partial charge in [0.1, 0.15) is 11.4 Å². The van der Waals surface area contributed by atoms with E-state index >= 15 is 0 Å². The summed E-state index contributed by atoms with van der Waals surface area (Å²) in [6, 6.07) is 4.09. The zero-order chi connectivity index (χ0) is 15.3. The summed E-state index contributed by atoms with van der Waals surface area (Å²) in [5.41, 5.74) is -1.06. The van der Waals surface area contributed by atoms with E-state index in [1.807, 2.05) is 0 Å². The summed E-state index contributed by atoms with van der Waals surface area (Å²) in [6.07, 6.45) is 4.03. The summed E-state index contributed by atoms with van der Waals surface area (Å²) in [5, 5.41) is 16.9. The molecular formula is C15H27IN4O2. The second kappa shape index (κ2) is 8.73. The van der Waals surface area contributed by atoms with Crippen LogP contribution < -0.4 is 10.6 Å². The Balaban J connectivity index is 0.00000242. The van der Waals surface area contributed by atoms with E-state index in [9.17, 15) is 5.11 Å². The maximum Gasteiger partial charge on any atom is 0.191 e. The zero-order valence-electron chi connectivity index (χ0n) is 13.5. The second-order valence-corrected chi connectivity index (χ2v) is 5.83. The highest BCUT2D eigenvalue weighted by Gasteiger charge is 2.26. The van der Waals surface area contributed by atoms with Gasteiger partial charge < -0.3 is 25.1 Å². The molecule has 2 rings (SSSR count). The molecule has 126 valence electrons. The fourth-order valence-corrected chi connectivity index (χ4v) is 2.60. The van der Waals surface area contributed by atoms with Gasteiger partial charge in [0.15, 0.2) is 5.96 Å². The van der Waals surface area contributed by atoms with Crippen LogP contribution in [0.15, 0.2) is 27.8 Å². The molecular weight excluding hydrogens is 395 g/mol. The standard InChI is InChI=1S/C15H26N4O2.HI/c1-15(20,13-7-5-9-21-13)11-18-14(16-2)17-10-12-6-4-8-19(12)3;/h5,7,9,12,20H,4,6,8,10-11H2,1-3H3,(H2,16,17,18);1H. The molecule has 0 spiro atoms. The molecule has 0 aliphatic carbocycles. The number of furan rings is 1. The third-order valence-electron chi connectivity index (χ3n) is 4.05. The lowest BCUT2D eigenvalue weighted by atomic mass is 10.0. The van der Waals surface area contributed by atoms with Crippen LogP contribution in [0.1, 0.15) is 25.5 Å². The van der Waals surface area contributed by atoms with Crippen molar-refractivity contribution in [2.45, 2.75) is 31.4 Å². The number of hydrogen-bond donors (Lipinski definition) is 3. The van der Waals surface area contributed by atoms with Crippen molar-refractivity contribution in [1.82, 2.24) is 15.5 Å². The van der Waals surface area contributed by atoms with Gasteiger partial charge in [-0.05, 0) is 45.5 Å². The van der Waals surface area contributed by atoms with E-state index in [4.69, 9.17) is 4.42 Å². The monoisotopic (exact) mass is 422 g/mol. The van der Waals surface area contributed by atoms with E-state index in [1.54, 1.807) is 32.4 Å². The third kappa shape index (κ3) is 5.13. The van der Waals surface area contributed by atoms with Gasteiger partial charge in [-0.1, -0.05) is 0 Å². The predicted molar refractivity (Wildman–Crippen MR) is 98.7 cm³/mol. The minimum atomic E-state index is -1.06. The summed E-state index contributed by atoms with van der Waals surface area (Å²) < 4.78 is 5.26. The Bertz CT molecular complexity index is 462. The van der Waals surface area contributed by atoms with Gasteiger partial charge in [-0.25, -0.2) is 0 Å². The molecule has 0 radical (unpaired) electrons. The van der Waals surface area contributed by atoms with E-state index in [-0.39, 0.29) is 24.0 Å². The number of halogens is 1. The van der Waals surface area contributed by atoms with Gasteiger partial charge in [-0.2, -0.15) is 0 Å². The number of rotatable bonds is 5. The van der Waals surface area contributed by atoms with Gasteiger partial charge in [0.25, 0.3) is 0 Å². The van der Waals surface area contributed by atoms with Crippen molar-refractivity contribution in [3.8, 4) is 0 Å². The van der Waals surface area contributed by atoms with E-state index in [0.29, 0.717) is 24.3 Å². The maximum atomic E-state index is 10.4. The van der Waals surface area contributed by atoms with Crippen LogP contribution in [0.4, 0.5) is 0 Å². The molecule has 1 aliphatic rings. The SMILES string of the molecule is CN=C(NCC1CCCN1C)NCC(C)(O)c1ccco1.I. The second-order valence-electron chi connectivity index (χ2n) is 5.83. The van der Waals surface area contributed by atoms with Crippen LogP contribution in [0.5, 0.6) is 0 Å². The van der Waals surface area contributed by atoms with Gasteiger partial charge in [0.05, 0.1) is 12.8 Å². The molecule has 1 saturated heterocycles. The van der Waals surface area contributed by atoms with Crippen LogP contribution in [0.25, 0.3) is 0 Å². The van der Waals surface area contributed by atoms with Gasteiger partial charge >= 0.3 is 0 Å². The Morgan fingerprint density at radius 3 is 2.86 bits per heavy atom. The van der Waals surface area contributed by atoms with Crippen molar-refractivity contribution in [2.75, 3.05) is 33.7 Å². The first-order valence-electron chi connectivity index (χ1n) is 7.44. The predicted octanol–water partition coefficient (Wildman–Crippen LogP) is 1.36. The molecule has 1 aliphatic heterocycles. The number of aliphatic hydroxyl groups is 1. The zero-order valence-corrected chi connectivity index (χ0v) is 15.8. The summed E-state index contributed by atoms with van der Waals surface area (Å²) in [4.78, 5) is 6.55. The van der Waals surface area contributed by atoms with Crippen molar-refractivity contribution in [3.63, 3.8) is 0 Å². The van der Waals surface area contributed by atoms with Crippen LogP contribution in [-0.2, 0) is 5.60 Å². The molecule has 0 bridgehead atoms. The highest BCUT2D eigenvalue weighted by molar-refractivity contribution is 14.0. The van der Waals surface area contributed by atoms with Crippen LogP contribution >= 0.6 is 24.0 Å². The molecule has 7 heteroatoms. The number of nitrogens with zero attached hydrogens (tertiary/aromatic N) is 2. The molecule has 6 nitrogen and oxygen atoms in total. The van der Waals surface area contributed by atoms with Gasteiger partial charge in [0.2, 0.25) is 0 Å². The van der Waals surface area contributed by atoms with Crippen molar-refractivity contribution >= 4 is 29.9 Å². The molecule has 0 amide bonds. The lowest BCUT2D eigenvalue weighted by Gasteiger charge is -2.24. The fraction of sp³-hybridized carbons (Fsp3) is 0.667. The summed E-state index contributed by atoms with van der Waals surface area (Å²) >= 11 is 0. The molecule has 2 heterocycles. The normalized spacial score (nSPS) is 22.0. The molecule has 2 unspecified atom stereocenters. The molecule has 1 fully saturated rings. The summed E-state index contributed by atoms with van der Waals surface area (Å²) in [7, 11) is 3.88. The quantitative estimate of drug-likeness (QED) is 0.380. The van der Waals surface area contributed by atoms with E-state index in [1.165, 1.54) is 12.8 Å². The minimum absolute atomic E-state index is 0. The molecule has 1 aromatic heterocycles. The summed E-state index contributed by atoms with van der Waals surface area (Å²) in [5.74, 6) is 1.24. The molecule has 0 saturated carbocycles. The molecule has 1 aromatic rings. The molecule has 3 N–H and O–H groups in total. The Morgan fingerprint density at radius 2 is 2.32 bits per heavy atom. The number of likely N-dealkylation sites (tertiary alicyclic amines) is 1. The highest BCUT2D eigenvalue weighted by Crippen LogP contribution is 2.19. The number of likely N-dealkylation sites (N-methyl/N-ethyl adjacent to an activating group) is 1. The van der Waals surface area contributed by atoms with Crippen LogP contribution in [0.2, 0.25) is 0 Å². The largest absolute Gasteiger partial charge is 0.466 e. The number of guanidine groups is 1. The number of aliphatic imine (C=N–C) groups is 1. The molecule has 0 aromatic carbocycles. The van der Waals surface area contributed by atoms with Gasteiger partial charge in [-0.15, -0.1) is 24.0 Å². The van der Waals surface area contributed by atoms with Crippen molar-refractivity contribution < 1.29 is 9.52 Å². The van der Waals surface area contributed by atoms with Gasteiger partial charge in [-0.3, -0.25) is 4.99 Å². The number of nitrogens with one attached hydrogen (secondary N) is 2. The lowest BCUT2D eigenvalue weighted by molar-refractivity contribution is 0.0385. The smallest absolute Gasteiger partial charge is 0.191 e. The Morgan fingerprint density at radius 1 is 1.55 bits per heavy atom. The lowest BCUT2D eigenvalue weighted by Crippen LogP contribution is -2.47. The Hall–Kier alpha value is -0.800. The van der Waals surface area contributed by atoms with Gasteiger partial charge in [0, 0.05) is 19.6 Å². The average Bonchev–Trinajstić information content (AvgIpc) is 3.11. The topological polar surface area (TPSA) is 73.0 Å². The van der Waals surface area contributed by atoms with E-state index < -0.39 is 5.60 Å². The Labute approximate surface area is 149 Å². The van der Waals surface area contributed by atoms with Crippen molar-refractivity contribution in [1.29, 1.82) is 0 Å². The minimum Gasteiger partial charge on any atom is -0.466 e.